The SMILES string of the molecule is CCc1nsc(Sc2cc(C(F)(F)F)nc(Cl)n2)n1. The maximum atomic E-state index is 12.6. The molecule has 0 atom stereocenters. The lowest BCUT2D eigenvalue weighted by Gasteiger charge is -2.06. The average Bonchev–Trinajstić information content (AvgIpc) is 2.75. The van der Waals surface area contributed by atoms with Gasteiger partial charge in [-0.25, -0.2) is 15.0 Å². The predicted octanol–water partition coefficient (Wildman–Crippen LogP) is 3.71. The van der Waals surface area contributed by atoms with Gasteiger partial charge in [0.25, 0.3) is 0 Å². The molecule has 2 aromatic heterocycles. The molecular weight excluding hydrogens is 321 g/mol. The molecule has 10 heteroatoms. The highest BCUT2D eigenvalue weighted by Gasteiger charge is 2.33. The summed E-state index contributed by atoms with van der Waals surface area (Å²) in [5.41, 5.74) is -1.07. The van der Waals surface area contributed by atoms with Crippen LogP contribution in [0.5, 0.6) is 0 Å². The topological polar surface area (TPSA) is 51.6 Å². The molecule has 0 bridgehead atoms. The van der Waals surface area contributed by atoms with Gasteiger partial charge in [0.2, 0.25) is 5.28 Å². The molecule has 0 amide bonds. The van der Waals surface area contributed by atoms with Gasteiger partial charge in [0.05, 0.1) is 0 Å². The first kappa shape index (κ1) is 14.5. The van der Waals surface area contributed by atoms with Gasteiger partial charge in [0.15, 0.2) is 10.0 Å². The Labute approximate surface area is 119 Å². The minimum atomic E-state index is -4.56. The van der Waals surface area contributed by atoms with E-state index in [2.05, 4.69) is 19.3 Å². The van der Waals surface area contributed by atoms with Crippen LogP contribution in [0.2, 0.25) is 5.28 Å². The highest BCUT2D eigenvalue weighted by molar-refractivity contribution is 8.00. The summed E-state index contributed by atoms with van der Waals surface area (Å²) in [6.07, 6.45) is -3.90. The third-order valence-corrected chi connectivity index (χ3v) is 3.80. The lowest BCUT2D eigenvalue weighted by atomic mass is 10.4. The Morgan fingerprint density at radius 1 is 1.32 bits per heavy atom. The van der Waals surface area contributed by atoms with Crippen molar-refractivity contribution in [2.45, 2.75) is 28.9 Å². The van der Waals surface area contributed by atoms with E-state index in [0.29, 0.717) is 16.6 Å². The van der Waals surface area contributed by atoms with E-state index >= 15 is 0 Å². The highest BCUT2D eigenvalue weighted by atomic mass is 35.5. The molecule has 2 aromatic rings. The van der Waals surface area contributed by atoms with Gasteiger partial charge in [0.1, 0.15) is 10.9 Å². The second kappa shape index (κ2) is 5.59. The van der Waals surface area contributed by atoms with Gasteiger partial charge in [-0.05, 0) is 34.9 Å². The third kappa shape index (κ3) is 3.77. The fourth-order valence-corrected chi connectivity index (χ4v) is 2.99. The smallest absolute Gasteiger partial charge is 0.213 e. The zero-order valence-electron chi connectivity index (χ0n) is 9.40. The quantitative estimate of drug-likeness (QED) is 0.635. The Hall–Kier alpha value is -0.930. The van der Waals surface area contributed by atoms with Crippen LogP contribution in [0.25, 0.3) is 0 Å². The van der Waals surface area contributed by atoms with Gasteiger partial charge >= 0.3 is 6.18 Å². The van der Waals surface area contributed by atoms with E-state index in [9.17, 15) is 13.2 Å². The predicted molar refractivity (Wildman–Crippen MR) is 65.5 cm³/mol. The fourth-order valence-electron chi connectivity index (χ4n) is 1.11. The number of hydrogen-bond donors (Lipinski definition) is 0. The van der Waals surface area contributed by atoms with Gasteiger partial charge in [-0.15, -0.1) is 0 Å². The first-order valence-corrected chi connectivity index (χ1v) is 6.97. The van der Waals surface area contributed by atoms with E-state index < -0.39 is 17.2 Å². The lowest BCUT2D eigenvalue weighted by Crippen LogP contribution is -2.09. The van der Waals surface area contributed by atoms with Crippen molar-refractivity contribution in [3.8, 4) is 0 Å². The molecule has 0 fully saturated rings. The summed E-state index contributed by atoms with van der Waals surface area (Å²) in [5, 5.41) is -0.358. The number of rotatable bonds is 3. The Bertz CT molecular complexity index is 587. The number of nitrogens with zero attached hydrogens (tertiary/aromatic N) is 4. The van der Waals surface area contributed by atoms with Crippen LogP contribution >= 0.6 is 34.9 Å². The maximum absolute atomic E-state index is 12.6. The summed E-state index contributed by atoms with van der Waals surface area (Å²) in [7, 11) is 0. The number of aryl methyl sites for hydroxylation is 1. The number of aromatic nitrogens is 4. The molecule has 0 saturated carbocycles. The monoisotopic (exact) mass is 326 g/mol. The van der Waals surface area contributed by atoms with Gasteiger partial charge in [0, 0.05) is 12.5 Å². The Balaban J connectivity index is 2.27. The second-order valence-electron chi connectivity index (χ2n) is 3.29. The van der Waals surface area contributed by atoms with E-state index in [1.165, 1.54) is 0 Å². The van der Waals surface area contributed by atoms with Crippen molar-refractivity contribution in [2.24, 2.45) is 0 Å². The van der Waals surface area contributed by atoms with Crippen LogP contribution in [0.1, 0.15) is 18.4 Å². The van der Waals surface area contributed by atoms with Crippen molar-refractivity contribution >= 4 is 34.9 Å². The van der Waals surface area contributed by atoms with Crippen LogP contribution in [0.4, 0.5) is 13.2 Å². The molecule has 0 spiro atoms. The minimum absolute atomic E-state index is 0.0890. The van der Waals surface area contributed by atoms with E-state index in [4.69, 9.17) is 11.6 Å². The zero-order chi connectivity index (χ0) is 14.0. The zero-order valence-corrected chi connectivity index (χ0v) is 11.8. The largest absolute Gasteiger partial charge is 0.433 e. The Morgan fingerprint density at radius 3 is 2.63 bits per heavy atom. The van der Waals surface area contributed by atoms with Gasteiger partial charge in [-0.1, -0.05) is 6.92 Å². The van der Waals surface area contributed by atoms with Crippen molar-refractivity contribution in [3.63, 3.8) is 0 Å². The van der Waals surface area contributed by atoms with Crippen LogP contribution in [-0.4, -0.2) is 19.3 Å². The molecule has 19 heavy (non-hydrogen) atoms. The molecule has 2 rings (SSSR count). The van der Waals surface area contributed by atoms with Gasteiger partial charge in [-0.2, -0.15) is 17.5 Å². The molecule has 0 unspecified atom stereocenters. The van der Waals surface area contributed by atoms with Crippen molar-refractivity contribution < 1.29 is 13.2 Å². The molecule has 0 radical (unpaired) electrons. The third-order valence-electron chi connectivity index (χ3n) is 1.92. The first-order valence-electron chi connectivity index (χ1n) is 5.00. The average molecular weight is 327 g/mol. The van der Waals surface area contributed by atoms with Crippen molar-refractivity contribution in [1.29, 1.82) is 0 Å². The van der Waals surface area contributed by atoms with Crippen molar-refractivity contribution in [2.75, 3.05) is 0 Å². The molecule has 2 heterocycles. The standard InChI is InChI=1S/C9H6ClF3N4S2/c1-2-5-15-8(19-17-5)18-6-3-4(9(11,12)13)14-7(10)16-6/h3H,2H2,1H3. The van der Waals surface area contributed by atoms with E-state index in [1.807, 2.05) is 6.92 Å². The second-order valence-corrected chi connectivity index (χ2v) is 5.65. The normalized spacial score (nSPS) is 11.8. The number of halogens is 4. The molecule has 0 aliphatic heterocycles. The maximum Gasteiger partial charge on any atom is 0.433 e. The lowest BCUT2D eigenvalue weighted by molar-refractivity contribution is -0.141. The van der Waals surface area contributed by atoms with E-state index in [-0.39, 0.29) is 5.03 Å². The molecule has 102 valence electrons. The molecule has 0 aromatic carbocycles. The number of alkyl halides is 3. The summed E-state index contributed by atoms with van der Waals surface area (Å²) in [6.45, 7) is 1.89. The summed E-state index contributed by atoms with van der Waals surface area (Å²) in [6, 6.07) is 0.837. The van der Waals surface area contributed by atoms with Crippen LogP contribution in [0, 0.1) is 0 Å². The molecule has 0 aliphatic rings. The summed E-state index contributed by atoms with van der Waals surface area (Å²) in [5.74, 6) is 0.642. The van der Waals surface area contributed by atoms with E-state index in [1.54, 1.807) is 0 Å². The van der Waals surface area contributed by atoms with Crippen LogP contribution in [0.15, 0.2) is 15.4 Å². The van der Waals surface area contributed by atoms with Crippen LogP contribution in [0.3, 0.4) is 0 Å². The van der Waals surface area contributed by atoms with Crippen LogP contribution in [-0.2, 0) is 12.6 Å². The summed E-state index contributed by atoms with van der Waals surface area (Å²) in [4.78, 5) is 11.0. The summed E-state index contributed by atoms with van der Waals surface area (Å²) < 4.78 is 42.2. The van der Waals surface area contributed by atoms with Gasteiger partial charge < -0.3 is 0 Å². The minimum Gasteiger partial charge on any atom is -0.213 e. The Morgan fingerprint density at radius 2 is 2.05 bits per heavy atom. The molecule has 0 N–H and O–H groups in total. The van der Waals surface area contributed by atoms with Crippen LogP contribution < -0.4 is 0 Å². The molecule has 0 saturated heterocycles. The molecule has 0 aliphatic carbocycles. The Kier molecular flexibility index (Phi) is 4.26. The fraction of sp³-hybridized carbons (Fsp3) is 0.333. The van der Waals surface area contributed by atoms with Crippen molar-refractivity contribution in [3.05, 3.63) is 22.9 Å². The highest BCUT2D eigenvalue weighted by Crippen LogP contribution is 2.33. The number of hydrogen-bond acceptors (Lipinski definition) is 6. The van der Waals surface area contributed by atoms with Crippen molar-refractivity contribution in [1.82, 2.24) is 19.3 Å². The summed E-state index contributed by atoms with van der Waals surface area (Å²) >= 11 is 7.57. The van der Waals surface area contributed by atoms with Gasteiger partial charge in [-0.3, -0.25) is 0 Å². The molecule has 4 nitrogen and oxygen atoms in total. The van der Waals surface area contributed by atoms with E-state index in [0.717, 1.165) is 29.4 Å². The first-order chi connectivity index (χ1) is 8.88. The molecular formula is C9H6ClF3N4S2.